The summed E-state index contributed by atoms with van der Waals surface area (Å²) in [7, 11) is 0. The second kappa shape index (κ2) is 5.04. The summed E-state index contributed by atoms with van der Waals surface area (Å²) in [6, 6.07) is -0.174. The molecule has 0 fully saturated rings. The van der Waals surface area contributed by atoms with Gasteiger partial charge >= 0.3 is 0 Å². The molecule has 0 aliphatic heterocycles. The Balaban J connectivity index is 4.84. The van der Waals surface area contributed by atoms with Crippen molar-refractivity contribution in [3.63, 3.8) is 0 Å². The predicted molar refractivity (Wildman–Crippen MR) is 55.6 cm³/mol. The van der Waals surface area contributed by atoms with E-state index in [0.29, 0.717) is 5.76 Å². The SMILES string of the molecule is C=C(C)C(C)/C(C)=C(\ON)C(C)N. The number of rotatable bonds is 4. The van der Waals surface area contributed by atoms with Crippen molar-refractivity contribution < 1.29 is 4.84 Å². The van der Waals surface area contributed by atoms with E-state index in [1.807, 2.05) is 20.8 Å². The third kappa shape index (κ3) is 3.20. The van der Waals surface area contributed by atoms with Gasteiger partial charge in [-0.3, -0.25) is 0 Å². The fraction of sp³-hybridized carbons (Fsp3) is 0.600. The monoisotopic (exact) mass is 184 g/mol. The van der Waals surface area contributed by atoms with E-state index >= 15 is 0 Å². The number of nitrogens with two attached hydrogens (primary N) is 2. The highest BCUT2D eigenvalue weighted by Crippen LogP contribution is 2.22. The summed E-state index contributed by atoms with van der Waals surface area (Å²) >= 11 is 0. The van der Waals surface area contributed by atoms with Gasteiger partial charge in [0.2, 0.25) is 0 Å². The number of hydrogen-bond donors (Lipinski definition) is 2. The zero-order valence-corrected chi connectivity index (χ0v) is 8.92. The van der Waals surface area contributed by atoms with Crippen LogP contribution >= 0.6 is 0 Å². The minimum absolute atomic E-state index is 0.174. The summed E-state index contributed by atoms with van der Waals surface area (Å²) in [5.74, 6) is 6.05. The van der Waals surface area contributed by atoms with Gasteiger partial charge in [0.05, 0.1) is 6.04 Å². The molecule has 0 saturated carbocycles. The third-order valence-electron chi connectivity index (χ3n) is 2.32. The van der Waals surface area contributed by atoms with Crippen LogP contribution in [0.2, 0.25) is 0 Å². The first kappa shape index (κ1) is 12.2. The van der Waals surface area contributed by atoms with Crippen LogP contribution in [0.4, 0.5) is 0 Å². The highest BCUT2D eigenvalue weighted by Gasteiger charge is 2.14. The summed E-state index contributed by atoms with van der Waals surface area (Å²) in [6.07, 6.45) is 0. The summed E-state index contributed by atoms with van der Waals surface area (Å²) in [5.41, 5.74) is 7.82. The predicted octanol–water partition coefficient (Wildman–Crippen LogP) is 1.71. The number of hydrogen-bond acceptors (Lipinski definition) is 3. The van der Waals surface area contributed by atoms with Crippen molar-refractivity contribution in [3.8, 4) is 0 Å². The van der Waals surface area contributed by atoms with E-state index in [9.17, 15) is 0 Å². The molecule has 76 valence electrons. The van der Waals surface area contributed by atoms with Gasteiger partial charge in [-0.15, -0.1) is 0 Å². The first-order valence-corrected chi connectivity index (χ1v) is 4.40. The lowest BCUT2D eigenvalue weighted by atomic mass is 9.94. The summed E-state index contributed by atoms with van der Waals surface area (Å²) in [5, 5.41) is 0. The van der Waals surface area contributed by atoms with Crippen LogP contribution < -0.4 is 11.6 Å². The Morgan fingerprint density at radius 3 is 2.00 bits per heavy atom. The average molecular weight is 184 g/mol. The molecule has 0 aliphatic rings. The quantitative estimate of drug-likeness (QED) is 0.397. The highest BCUT2D eigenvalue weighted by molar-refractivity contribution is 5.20. The van der Waals surface area contributed by atoms with Crippen molar-refractivity contribution in [2.45, 2.75) is 33.7 Å². The summed E-state index contributed by atoms with van der Waals surface area (Å²) in [4.78, 5) is 4.76. The molecule has 0 aromatic carbocycles. The van der Waals surface area contributed by atoms with Crippen molar-refractivity contribution in [3.05, 3.63) is 23.5 Å². The van der Waals surface area contributed by atoms with Gasteiger partial charge in [0.15, 0.2) is 0 Å². The Kier molecular flexibility index (Phi) is 4.73. The van der Waals surface area contributed by atoms with E-state index < -0.39 is 0 Å². The van der Waals surface area contributed by atoms with E-state index in [1.165, 1.54) is 0 Å². The molecule has 2 atom stereocenters. The van der Waals surface area contributed by atoms with E-state index in [2.05, 4.69) is 13.5 Å². The molecule has 3 nitrogen and oxygen atoms in total. The maximum atomic E-state index is 5.69. The second-order valence-corrected chi connectivity index (χ2v) is 3.52. The van der Waals surface area contributed by atoms with Crippen molar-refractivity contribution in [2.24, 2.45) is 17.5 Å². The van der Waals surface area contributed by atoms with Gasteiger partial charge in [0.25, 0.3) is 0 Å². The van der Waals surface area contributed by atoms with Gasteiger partial charge < -0.3 is 10.6 Å². The molecule has 2 unspecified atom stereocenters. The fourth-order valence-electron chi connectivity index (χ4n) is 1.14. The lowest BCUT2D eigenvalue weighted by Crippen LogP contribution is -2.24. The average Bonchev–Trinajstić information content (AvgIpc) is 2.03. The van der Waals surface area contributed by atoms with Crippen molar-refractivity contribution in [1.82, 2.24) is 0 Å². The van der Waals surface area contributed by atoms with Gasteiger partial charge in [-0.25, -0.2) is 0 Å². The lowest BCUT2D eigenvalue weighted by molar-refractivity contribution is 0.197. The molecule has 0 rings (SSSR count). The van der Waals surface area contributed by atoms with Gasteiger partial charge in [-0.2, -0.15) is 5.90 Å². The van der Waals surface area contributed by atoms with E-state index in [1.54, 1.807) is 0 Å². The molecule has 0 heterocycles. The molecule has 0 saturated heterocycles. The lowest BCUT2D eigenvalue weighted by Gasteiger charge is -2.18. The molecule has 0 aliphatic carbocycles. The van der Waals surface area contributed by atoms with Gasteiger partial charge in [-0.05, 0) is 26.3 Å². The third-order valence-corrected chi connectivity index (χ3v) is 2.32. The Labute approximate surface area is 80.4 Å². The molecule has 13 heavy (non-hydrogen) atoms. The van der Waals surface area contributed by atoms with Gasteiger partial charge in [-0.1, -0.05) is 19.1 Å². The first-order valence-electron chi connectivity index (χ1n) is 4.40. The smallest absolute Gasteiger partial charge is 0.139 e. The standard InChI is InChI=1S/C10H20N2O/c1-6(2)7(3)8(4)10(13-12)9(5)11/h7,9H,1,11-12H2,2-5H3/b10-8-. The first-order chi connectivity index (χ1) is 5.91. The Hall–Kier alpha value is -0.800. The van der Waals surface area contributed by atoms with Gasteiger partial charge in [0.1, 0.15) is 5.76 Å². The Bertz CT molecular complexity index is 219. The van der Waals surface area contributed by atoms with Crippen LogP contribution in [0.5, 0.6) is 0 Å². The van der Waals surface area contributed by atoms with Crippen LogP contribution in [-0.4, -0.2) is 6.04 Å². The van der Waals surface area contributed by atoms with Crippen LogP contribution in [0.15, 0.2) is 23.5 Å². The van der Waals surface area contributed by atoms with Crippen molar-refractivity contribution in [1.29, 1.82) is 0 Å². The van der Waals surface area contributed by atoms with Crippen LogP contribution in [0.25, 0.3) is 0 Å². The topological polar surface area (TPSA) is 61.3 Å². The maximum Gasteiger partial charge on any atom is 0.139 e. The molecule has 0 aromatic rings. The summed E-state index contributed by atoms with van der Waals surface area (Å²) < 4.78 is 0. The summed E-state index contributed by atoms with van der Waals surface area (Å²) in [6.45, 7) is 11.7. The highest BCUT2D eigenvalue weighted by atomic mass is 16.6. The van der Waals surface area contributed by atoms with E-state index in [-0.39, 0.29) is 12.0 Å². The molecule has 0 aromatic heterocycles. The molecule has 0 spiro atoms. The van der Waals surface area contributed by atoms with Crippen LogP contribution in [0.1, 0.15) is 27.7 Å². The van der Waals surface area contributed by atoms with E-state index in [4.69, 9.17) is 16.5 Å². The normalized spacial score (nSPS) is 17.4. The minimum Gasteiger partial charge on any atom is -0.414 e. The Morgan fingerprint density at radius 1 is 1.31 bits per heavy atom. The van der Waals surface area contributed by atoms with Crippen LogP contribution in [-0.2, 0) is 4.84 Å². The zero-order valence-electron chi connectivity index (χ0n) is 8.92. The van der Waals surface area contributed by atoms with E-state index in [0.717, 1.165) is 11.1 Å². The van der Waals surface area contributed by atoms with Crippen LogP contribution in [0, 0.1) is 5.92 Å². The zero-order chi connectivity index (χ0) is 10.6. The molecular weight excluding hydrogens is 164 g/mol. The van der Waals surface area contributed by atoms with Gasteiger partial charge in [0, 0.05) is 5.92 Å². The molecule has 0 amide bonds. The van der Waals surface area contributed by atoms with Crippen molar-refractivity contribution in [2.75, 3.05) is 0 Å². The second-order valence-electron chi connectivity index (χ2n) is 3.52. The molecular formula is C10H20N2O. The Morgan fingerprint density at radius 2 is 1.77 bits per heavy atom. The molecule has 4 N–H and O–H groups in total. The number of allylic oxidation sites excluding steroid dienone is 2. The molecule has 0 bridgehead atoms. The fourth-order valence-corrected chi connectivity index (χ4v) is 1.14. The van der Waals surface area contributed by atoms with Crippen molar-refractivity contribution >= 4 is 0 Å². The molecule has 0 radical (unpaired) electrons. The molecule has 3 heteroatoms. The largest absolute Gasteiger partial charge is 0.414 e. The van der Waals surface area contributed by atoms with Crippen LogP contribution in [0.3, 0.4) is 0 Å². The minimum atomic E-state index is -0.174. The maximum absolute atomic E-state index is 5.69.